The predicted molar refractivity (Wildman–Crippen MR) is 161 cm³/mol. The number of aromatic amines is 1. The molecule has 4 N–H and O–H groups in total. The fourth-order valence-electron chi connectivity index (χ4n) is 5.94. The number of alkyl carbamates (subject to hydrolysis) is 1. The number of hydrogen-bond acceptors (Lipinski definition) is 8. The fraction of sp³-hybridized carbons (Fsp3) is 0.273. The van der Waals surface area contributed by atoms with Gasteiger partial charge in [0.2, 0.25) is 18.6 Å². The number of rotatable bonds is 9. The number of para-hydroxylation sites is 1. The van der Waals surface area contributed by atoms with E-state index >= 15 is 0 Å². The van der Waals surface area contributed by atoms with Crippen molar-refractivity contribution in [3.05, 3.63) is 95.2 Å². The molecule has 0 aliphatic carbocycles. The Balaban J connectivity index is 1.41. The molecule has 1 aromatic heterocycles. The maximum Gasteiger partial charge on any atom is 0.408 e. The van der Waals surface area contributed by atoms with Crippen molar-refractivity contribution in [1.82, 2.24) is 15.2 Å². The Hall–Kier alpha value is -5.52. The van der Waals surface area contributed by atoms with Gasteiger partial charge in [-0.25, -0.2) is 9.59 Å². The van der Waals surface area contributed by atoms with Crippen molar-refractivity contribution in [2.24, 2.45) is 5.73 Å². The molecule has 12 nitrogen and oxygen atoms in total. The number of nitrogens with one attached hydrogen (secondary N) is 2. The van der Waals surface area contributed by atoms with Crippen molar-refractivity contribution < 1.29 is 38.1 Å². The third-order valence-electron chi connectivity index (χ3n) is 8.05. The summed E-state index contributed by atoms with van der Waals surface area (Å²) in [5.41, 5.74) is 9.22. The smallest absolute Gasteiger partial charge is 0.408 e. The molecule has 0 spiro atoms. The molecule has 0 radical (unpaired) electrons. The molecule has 12 heteroatoms. The van der Waals surface area contributed by atoms with Gasteiger partial charge in [0.15, 0.2) is 11.5 Å². The number of primary amides is 1. The van der Waals surface area contributed by atoms with Crippen LogP contribution in [0.25, 0.3) is 10.9 Å². The highest BCUT2D eigenvalue weighted by Crippen LogP contribution is 2.44. The monoisotopic (exact) mass is 612 g/mol. The molecular weight excluding hydrogens is 580 g/mol. The Morgan fingerprint density at radius 1 is 1.02 bits per heavy atom. The summed E-state index contributed by atoms with van der Waals surface area (Å²) >= 11 is 0. The van der Waals surface area contributed by atoms with Gasteiger partial charge in [0, 0.05) is 29.4 Å². The number of nitrogens with zero attached hydrogens (tertiary/aromatic N) is 1. The number of methoxy groups -OCH3 is 1. The van der Waals surface area contributed by atoms with Gasteiger partial charge in [-0.15, -0.1) is 0 Å². The fourth-order valence-corrected chi connectivity index (χ4v) is 5.94. The van der Waals surface area contributed by atoms with Crippen molar-refractivity contribution in [3.8, 4) is 11.5 Å². The number of esters is 1. The quantitative estimate of drug-likeness (QED) is 0.242. The van der Waals surface area contributed by atoms with Gasteiger partial charge in [-0.1, -0.05) is 54.6 Å². The van der Waals surface area contributed by atoms with Gasteiger partial charge in [0.25, 0.3) is 0 Å². The molecule has 0 saturated heterocycles. The first-order chi connectivity index (χ1) is 21.8. The zero-order valence-corrected chi connectivity index (χ0v) is 24.5. The van der Waals surface area contributed by atoms with Crippen LogP contribution in [0.2, 0.25) is 0 Å². The van der Waals surface area contributed by atoms with Gasteiger partial charge < -0.3 is 39.9 Å². The molecule has 232 valence electrons. The van der Waals surface area contributed by atoms with Gasteiger partial charge in [-0.2, -0.15) is 0 Å². The van der Waals surface area contributed by atoms with Crippen molar-refractivity contribution in [1.29, 1.82) is 0 Å². The standard InChI is InChI=1S/C33H32N4O8/c1-42-32(40)25-16-22-21-9-5-6-10-23(21)35-29(22)30(20-11-13-26-27(15-20)45-18-44-26)37(25)31(39)24(12-14-28(34)38)36-33(41)43-17-19-7-3-2-4-8-19/h2-11,13,15,24-25,30,35H,12,14,16-18H2,1H3,(H2,34,38)(H,36,41)/t24-,25+,30+/m0/s1. The minimum Gasteiger partial charge on any atom is -0.467 e. The maximum atomic E-state index is 14.6. The number of carbonyl (C=O) groups is 4. The highest BCUT2D eigenvalue weighted by molar-refractivity contribution is 5.94. The zero-order valence-electron chi connectivity index (χ0n) is 24.5. The van der Waals surface area contributed by atoms with E-state index in [9.17, 15) is 19.2 Å². The van der Waals surface area contributed by atoms with Crippen LogP contribution >= 0.6 is 0 Å². The Labute approximate surface area is 258 Å². The highest BCUT2D eigenvalue weighted by atomic mass is 16.7. The van der Waals surface area contributed by atoms with Gasteiger partial charge in [-0.05, 0) is 41.3 Å². The lowest BCUT2D eigenvalue weighted by Gasteiger charge is -2.42. The molecule has 3 heterocycles. The van der Waals surface area contributed by atoms with E-state index in [1.165, 1.54) is 12.0 Å². The second kappa shape index (κ2) is 12.6. The summed E-state index contributed by atoms with van der Waals surface area (Å²) < 4.78 is 21.8. The number of benzene rings is 3. The van der Waals surface area contributed by atoms with E-state index in [0.29, 0.717) is 22.8 Å². The van der Waals surface area contributed by atoms with Crippen molar-refractivity contribution >= 4 is 34.8 Å². The van der Waals surface area contributed by atoms with E-state index in [1.54, 1.807) is 30.3 Å². The van der Waals surface area contributed by atoms with Crippen LogP contribution in [0.4, 0.5) is 4.79 Å². The third-order valence-corrected chi connectivity index (χ3v) is 8.05. The summed E-state index contributed by atoms with van der Waals surface area (Å²) in [5, 5.41) is 3.52. The first kappa shape index (κ1) is 29.5. The molecule has 3 atom stereocenters. The molecule has 6 rings (SSSR count). The van der Waals surface area contributed by atoms with E-state index in [4.69, 9.17) is 24.7 Å². The number of nitrogens with two attached hydrogens (primary N) is 1. The molecule has 4 aromatic rings. The van der Waals surface area contributed by atoms with E-state index in [-0.39, 0.29) is 32.7 Å². The topological polar surface area (TPSA) is 162 Å². The molecule has 0 fully saturated rings. The lowest BCUT2D eigenvalue weighted by molar-refractivity contribution is -0.156. The SMILES string of the molecule is COC(=O)[C@H]1Cc2c([nH]c3ccccc23)[C@@H](c2ccc3c(c2)OCO3)N1C(=O)[C@H](CCC(N)=O)NC(=O)OCc1ccccc1. The van der Waals surface area contributed by atoms with Crippen molar-refractivity contribution in [3.63, 3.8) is 0 Å². The molecule has 0 unspecified atom stereocenters. The van der Waals surface area contributed by atoms with Crippen LogP contribution in [-0.4, -0.2) is 59.7 Å². The summed E-state index contributed by atoms with van der Waals surface area (Å²) in [6.45, 7) is 0.0227. The Morgan fingerprint density at radius 3 is 2.56 bits per heavy atom. The van der Waals surface area contributed by atoms with Crippen LogP contribution < -0.4 is 20.5 Å². The van der Waals surface area contributed by atoms with Crippen LogP contribution in [0.15, 0.2) is 72.8 Å². The van der Waals surface area contributed by atoms with Crippen LogP contribution in [-0.2, 0) is 36.9 Å². The second-order valence-corrected chi connectivity index (χ2v) is 10.8. The lowest BCUT2D eigenvalue weighted by atomic mass is 9.87. The van der Waals surface area contributed by atoms with E-state index < -0.39 is 42.0 Å². The zero-order chi connectivity index (χ0) is 31.5. The van der Waals surface area contributed by atoms with Crippen LogP contribution in [0.5, 0.6) is 11.5 Å². The highest BCUT2D eigenvalue weighted by Gasteiger charge is 2.46. The molecule has 45 heavy (non-hydrogen) atoms. The molecule has 2 aliphatic rings. The van der Waals surface area contributed by atoms with Crippen LogP contribution in [0.1, 0.15) is 41.3 Å². The second-order valence-electron chi connectivity index (χ2n) is 10.8. The van der Waals surface area contributed by atoms with Gasteiger partial charge >= 0.3 is 12.1 Å². The largest absolute Gasteiger partial charge is 0.467 e. The van der Waals surface area contributed by atoms with E-state index in [0.717, 1.165) is 22.0 Å². The molecule has 0 bridgehead atoms. The van der Waals surface area contributed by atoms with E-state index in [2.05, 4.69) is 10.3 Å². The van der Waals surface area contributed by atoms with Crippen molar-refractivity contribution in [2.45, 2.75) is 44.0 Å². The third kappa shape index (κ3) is 5.99. The lowest BCUT2D eigenvalue weighted by Crippen LogP contribution is -2.58. The first-order valence-corrected chi connectivity index (χ1v) is 14.5. The Kier molecular flexibility index (Phi) is 8.28. The number of hydrogen-bond donors (Lipinski definition) is 3. The normalized spacial score (nSPS) is 17.3. The molecular formula is C33H32N4O8. The van der Waals surface area contributed by atoms with E-state index in [1.807, 2.05) is 42.5 Å². The average molecular weight is 613 g/mol. The molecule has 0 saturated carbocycles. The van der Waals surface area contributed by atoms with Crippen LogP contribution in [0.3, 0.4) is 0 Å². The minimum absolute atomic E-state index is 0.0316. The number of carbonyl (C=O) groups excluding carboxylic acids is 4. The summed E-state index contributed by atoms with van der Waals surface area (Å²) in [4.78, 5) is 57.7. The number of H-pyrrole nitrogens is 1. The Morgan fingerprint density at radius 2 is 1.78 bits per heavy atom. The Bertz CT molecular complexity index is 1750. The van der Waals surface area contributed by atoms with Gasteiger partial charge in [0.1, 0.15) is 18.7 Å². The first-order valence-electron chi connectivity index (χ1n) is 14.5. The molecule has 3 aromatic carbocycles. The number of fused-ring (bicyclic) bond motifs is 4. The maximum absolute atomic E-state index is 14.6. The summed E-state index contributed by atoms with van der Waals surface area (Å²) in [7, 11) is 1.26. The number of aromatic nitrogens is 1. The molecule has 3 amide bonds. The van der Waals surface area contributed by atoms with Gasteiger partial charge in [-0.3, -0.25) is 9.59 Å². The summed E-state index contributed by atoms with van der Waals surface area (Å²) in [5.74, 6) is -0.858. The number of amides is 3. The van der Waals surface area contributed by atoms with Crippen molar-refractivity contribution in [2.75, 3.05) is 13.9 Å². The summed E-state index contributed by atoms with van der Waals surface area (Å²) in [6.07, 6.45) is -1.02. The van der Waals surface area contributed by atoms with Gasteiger partial charge in [0.05, 0.1) is 13.2 Å². The minimum atomic E-state index is -1.25. The predicted octanol–water partition coefficient (Wildman–Crippen LogP) is 3.47. The molecule has 2 aliphatic heterocycles. The average Bonchev–Trinajstić information content (AvgIpc) is 3.68. The number of ether oxygens (including phenoxy) is 4. The van der Waals surface area contributed by atoms with Crippen LogP contribution in [0, 0.1) is 0 Å². The summed E-state index contributed by atoms with van der Waals surface area (Å²) in [6, 6.07) is 18.9.